The highest BCUT2D eigenvalue weighted by molar-refractivity contribution is 5.98. The lowest BCUT2D eigenvalue weighted by molar-refractivity contribution is -0.114. The molecule has 8 heteroatoms. The first-order chi connectivity index (χ1) is 15.1. The molecule has 2 aromatic carbocycles. The van der Waals surface area contributed by atoms with Gasteiger partial charge in [0, 0.05) is 18.7 Å². The van der Waals surface area contributed by atoms with Crippen molar-refractivity contribution in [2.75, 3.05) is 18.8 Å². The van der Waals surface area contributed by atoms with Crippen molar-refractivity contribution < 1.29 is 9.53 Å². The highest BCUT2D eigenvalue weighted by Crippen LogP contribution is 2.35. The maximum Gasteiger partial charge on any atom is 0.164 e. The summed E-state index contributed by atoms with van der Waals surface area (Å²) in [5, 5.41) is 5.59. The van der Waals surface area contributed by atoms with Crippen LogP contribution in [0.5, 0.6) is 11.5 Å². The van der Waals surface area contributed by atoms with E-state index >= 15 is 0 Å². The SMILES string of the molecule is CC(C=O)N1CC(n2nc(-c3ccc(Oc4ccccc4)cc3)c3c(N)ncnc32)C1. The number of likely N-dealkylation sites (tertiary alicyclic amines) is 1. The number of para-hydroxylation sites is 1. The molecule has 2 N–H and O–H groups in total. The van der Waals surface area contributed by atoms with Crippen LogP contribution in [0.25, 0.3) is 22.3 Å². The molecule has 0 spiro atoms. The van der Waals surface area contributed by atoms with Gasteiger partial charge in [-0.25, -0.2) is 14.6 Å². The Balaban J connectivity index is 1.47. The van der Waals surface area contributed by atoms with Gasteiger partial charge >= 0.3 is 0 Å². The predicted molar refractivity (Wildman–Crippen MR) is 118 cm³/mol. The minimum Gasteiger partial charge on any atom is -0.457 e. The molecule has 3 heterocycles. The second kappa shape index (κ2) is 7.81. The van der Waals surface area contributed by atoms with Crippen LogP contribution in [0.2, 0.25) is 0 Å². The Bertz CT molecular complexity index is 1220. The van der Waals surface area contributed by atoms with Gasteiger partial charge in [-0.05, 0) is 43.3 Å². The van der Waals surface area contributed by atoms with Crippen molar-refractivity contribution >= 4 is 23.1 Å². The molecule has 0 aliphatic carbocycles. The number of nitrogens with zero attached hydrogens (tertiary/aromatic N) is 5. The van der Waals surface area contributed by atoms with Crippen molar-refractivity contribution in [1.82, 2.24) is 24.6 Å². The fraction of sp³-hybridized carbons (Fsp3) is 0.217. The number of benzene rings is 2. The first kappa shape index (κ1) is 19.2. The van der Waals surface area contributed by atoms with E-state index in [9.17, 15) is 4.79 Å². The van der Waals surface area contributed by atoms with E-state index in [1.807, 2.05) is 66.2 Å². The van der Waals surface area contributed by atoms with E-state index in [4.69, 9.17) is 15.6 Å². The monoisotopic (exact) mass is 414 g/mol. The van der Waals surface area contributed by atoms with Crippen LogP contribution >= 0.6 is 0 Å². The smallest absolute Gasteiger partial charge is 0.164 e. The summed E-state index contributed by atoms with van der Waals surface area (Å²) in [6.45, 7) is 3.38. The van der Waals surface area contributed by atoms with Crippen LogP contribution < -0.4 is 10.5 Å². The Kier molecular flexibility index (Phi) is 4.83. The average molecular weight is 414 g/mol. The molecule has 1 aliphatic rings. The van der Waals surface area contributed by atoms with Gasteiger partial charge in [-0.2, -0.15) is 5.10 Å². The molecule has 5 rings (SSSR count). The van der Waals surface area contributed by atoms with Crippen LogP contribution in [-0.2, 0) is 4.79 Å². The summed E-state index contributed by atoms with van der Waals surface area (Å²) in [6.07, 6.45) is 2.42. The van der Waals surface area contributed by atoms with Gasteiger partial charge in [0.25, 0.3) is 0 Å². The van der Waals surface area contributed by atoms with E-state index < -0.39 is 0 Å². The highest BCUT2D eigenvalue weighted by Gasteiger charge is 2.34. The molecule has 1 atom stereocenters. The number of hydrogen-bond acceptors (Lipinski definition) is 7. The van der Waals surface area contributed by atoms with E-state index in [1.165, 1.54) is 6.33 Å². The molecular weight excluding hydrogens is 392 g/mol. The fourth-order valence-electron chi connectivity index (χ4n) is 3.82. The minimum absolute atomic E-state index is 0.102. The average Bonchev–Trinajstić information content (AvgIpc) is 3.14. The first-order valence-electron chi connectivity index (χ1n) is 10.2. The summed E-state index contributed by atoms with van der Waals surface area (Å²) in [6, 6.07) is 17.4. The van der Waals surface area contributed by atoms with Crippen molar-refractivity contribution in [2.45, 2.75) is 19.0 Å². The molecule has 4 aromatic rings. The zero-order valence-electron chi connectivity index (χ0n) is 17.0. The van der Waals surface area contributed by atoms with Crippen molar-refractivity contribution in [2.24, 2.45) is 0 Å². The number of aromatic nitrogens is 4. The normalized spacial score (nSPS) is 15.5. The van der Waals surface area contributed by atoms with E-state index in [2.05, 4.69) is 14.9 Å². The zero-order valence-corrected chi connectivity index (χ0v) is 17.0. The van der Waals surface area contributed by atoms with Gasteiger partial charge in [-0.3, -0.25) is 4.90 Å². The van der Waals surface area contributed by atoms with Crippen LogP contribution in [0.4, 0.5) is 5.82 Å². The summed E-state index contributed by atoms with van der Waals surface area (Å²) < 4.78 is 7.79. The van der Waals surface area contributed by atoms with Crippen molar-refractivity contribution in [3.05, 3.63) is 60.9 Å². The van der Waals surface area contributed by atoms with Crippen LogP contribution in [-0.4, -0.2) is 50.1 Å². The highest BCUT2D eigenvalue weighted by atomic mass is 16.5. The van der Waals surface area contributed by atoms with Gasteiger partial charge in [0.1, 0.15) is 35.6 Å². The maximum absolute atomic E-state index is 11.1. The van der Waals surface area contributed by atoms with Crippen molar-refractivity contribution in [1.29, 1.82) is 0 Å². The number of nitrogen functional groups attached to an aromatic ring is 1. The Morgan fingerprint density at radius 1 is 1.06 bits per heavy atom. The number of aldehydes is 1. The van der Waals surface area contributed by atoms with Crippen LogP contribution in [0, 0.1) is 0 Å². The van der Waals surface area contributed by atoms with E-state index in [-0.39, 0.29) is 12.1 Å². The first-order valence-corrected chi connectivity index (χ1v) is 10.2. The lowest BCUT2D eigenvalue weighted by Gasteiger charge is -2.41. The van der Waals surface area contributed by atoms with Crippen LogP contribution in [0.15, 0.2) is 60.9 Å². The molecule has 1 saturated heterocycles. The van der Waals surface area contributed by atoms with Crippen LogP contribution in [0.3, 0.4) is 0 Å². The van der Waals surface area contributed by atoms with Crippen LogP contribution in [0.1, 0.15) is 13.0 Å². The molecule has 1 fully saturated rings. The number of fused-ring (bicyclic) bond motifs is 1. The zero-order chi connectivity index (χ0) is 21.4. The third kappa shape index (κ3) is 3.51. The van der Waals surface area contributed by atoms with Crippen molar-refractivity contribution in [3.63, 3.8) is 0 Å². The number of carbonyl (C=O) groups excluding carboxylic acids is 1. The summed E-state index contributed by atoms with van der Waals surface area (Å²) in [7, 11) is 0. The topological polar surface area (TPSA) is 99.2 Å². The molecule has 31 heavy (non-hydrogen) atoms. The number of nitrogens with two attached hydrogens (primary N) is 1. The largest absolute Gasteiger partial charge is 0.457 e. The lowest BCUT2D eigenvalue weighted by atomic mass is 10.1. The summed E-state index contributed by atoms with van der Waals surface area (Å²) in [5.41, 5.74) is 8.56. The molecule has 156 valence electrons. The lowest BCUT2D eigenvalue weighted by Crippen LogP contribution is -2.52. The summed E-state index contributed by atoms with van der Waals surface area (Å²) in [5.74, 6) is 1.91. The Hall–Kier alpha value is -3.78. The van der Waals surface area contributed by atoms with E-state index in [0.29, 0.717) is 11.5 Å². The number of hydrogen-bond donors (Lipinski definition) is 1. The molecule has 8 nitrogen and oxygen atoms in total. The number of rotatable bonds is 6. The van der Waals surface area contributed by atoms with Gasteiger partial charge in [-0.15, -0.1) is 0 Å². The Morgan fingerprint density at radius 2 is 1.77 bits per heavy atom. The third-order valence-electron chi connectivity index (χ3n) is 5.63. The van der Waals surface area contributed by atoms with Gasteiger partial charge in [0.2, 0.25) is 0 Å². The molecule has 2 aromatic heterocycles. The molecule has 0 saturated carbocycles. The quantitative estimate of drug-likeness (QED) is 0.483. The maximum atomic E-state index is 11.1. The molecule has 0 radical (unpaired) electrons. The van der Waals surface area contributed by atoms with E-state index in [1.54, 1.807) is 0 Å². The fourth-order valence-corrected chi connectivity index (χ4v) is 3.82. The van der Waals surface area contributed by atoms with E-state index in [0.717, 1.165) is 47.5 Å². The molecule has 1 aliphatic heterocycles. The Labute approximate surface area is 179 Å². The Morgan fingerprint density at radius 3 is 2.48 bits per heavy atom. The van der Waals surface area contributed by atoms with Gasteiger partial charge in [0.05, 0.1) is 17.5 Å². The van der Waals surface area contributed by atoms with Gasteiger partial charge < -0.3 is 15.3 Å². The predicted octanol–water partition coefficient (Wildman–Crippen LogP) is 3.31. The van der Waals surface area contributed by atoms with Gasteiger partial charge in [-0.1, -0.05) is 18.2 Å². The number of carbonyl (C=O) groups is 1. The second-order valence-electron chi connectivity index (χ2n) is 7.67. The number of ether oxygens (including phenoxy) is 1. The molecule has 0 amide bonds. The number of anilines is 1. The molecule has 1 unspecified atom stereocenters. The van der Waals surface area contributed by atoms with Gasteiger partial charge in [0.15, 0.2) is 5.65 Å². The van der Waals surface area contributed by atoms with Crippen molar-refractivity contribution in [3.8, 4) is 22.8 Å². The molecule has 0 bridgehead atoms. The summed E-state index contributed by atoms with van der Waals surface area (Å²) in [4.78, 5) is 21.8. The molecular formula is C23H22N6O2. The second-order valence-corrected chi connectivity index (χ2v) is 7.67. The third-order valence-corrected chi connectivity index (χ3v) is 5.63. The minimum atomic E-state index is -0.102. The summed E-state index contributed by atoms with van der Waals surface area (Å²) >= 11 is 0. The standard InChI is InChI=1S/C23H22N6O2/c1-15(13-30)28-11-17(12-28)29-23-20(22(24)25-14-26-23)21(27-29)16-7-9-19(10-8-16)31-18-5-3-2-4-6-18/h2-10,13-15,17H,11-12H2,1H3,(H2,24,25,26).